The Balaban J connectivity index is 1.63. The third-order valence-corrected chi connectivity index (χ3v) is 7.73. The zero-order chi connectivity index (χ0) is 25.5. The first-order valence-electron chi connectivity index (χ1n) is 11.7. The largest absolute Gasteiger partial charge is 0.359 e. The summed E-state index contributed by atoms with van der Waals surface area (Å²) in [4.78, 5) is 32.2. The molecule has 1 heterocycles. The van der Waals surface area contributed by atoms with Crippen LogP contribution in [0.3, 0.4) is 0 Å². The minimum Gasteiger partial charge on any atom is -0.359 e. The van der Waals surface area contributed by atoms with Crippen LogP contribution in [-0.2, 0) is 16.0 Å². The average molecular weight is 493 g/mol. The van der Waals surface area contributed by atoms with Crippen LogP contribution in [-0.4, -0.2) is 29.5 Å². The summed E-state index contributed by atoms with van der Waals surface area (Å²) < 4.78 is 15.2. The van der Waals surface area contributed by atoms with Gasteiger partial charge in [-0.05, 0) is 80.6 Å². The van der Waals surface area contributed by atoms with Crippen molar-refractivity contribution in [1.82, 2.24) is 5.32 Å². The van der Waals surface area contributed by atoms with E-state index in [4.69, 9.17) is 18.8 Å². The van der Waals surface area contributed by atoms with E-state index >= 15 is 4.39 Å². The number of benzene rings is 2. The molecule has 2 amide bonds. The van der Waals surface area contributed by atoms with Crippen molar-refractivity contribution in [2.75, 3.05) is 16.8 Å². The molecule has 0 radical (unpaired) electrons. The van der Waals surface area contributed by atoms with E-state index in [9.17, 15) is 9.59 Å². The molecule has 4 rings (SSSR count). The Morgan fingerprint density at radius 3 is 2.43 bits per heavy atom. The molecule has 2 aromatic carbocycles. The topological polar surface area (TPSA) is 57.0 Å². The van der Waals surface area contributed by atoms with Gasteiger partial charge in [0.1, 0.15) is 11.4 Å². The smallest absolute Gasteiger partial charge is 0.259 e. The summed E-state index contributed by atoms with van der Waals surface area (Å²) in [7, 11) is 1.64. The molecule has 1 spiro atoms. The van der Waals surface area contributed by atoms with Gasteiger partial charge in [-0.15, -0.1) is 0 Å². The van der Waals surface area contributed by atoms with Crippen molar-refractivity contribution < 1.29 is 14.0 Å². The van der Waals surface area contributed by atoms with Gasteiger partial charge in [0.2, 0.25) is 5.91 Å². The maximum absolute atomic E-state index is 15.2. The molecule has 0 unspecified atom stereocenters. The summed E-state index contributed by atoms with van der Waals surface area (Å²) in [6, 6.07) is 10.9. The van der Waals surface area contributed by atoms with Crippen molar-refractivity contribution in [3.8, 4) is 0 Å². The Morgan fingerprint density at radius 1 is 1.23 bits per heavy atom. The molecular formula is C27H29FN4O2S. The number of hydrogen-bond donors (Lipinski definition) is 1. The number of rotatable bonds is 6. The van der Waals surface area contributed by atoms with Gasteiger partial charge in [-0.2, -0.15) is 0 Å². The van der Waals surface area contributed by atoms with Crippen molar-refractivity contribution in [3.63, 3.8) is 0 Å². The van der Waals surface area contributed by atoms with Gasteiger partial charge in [-0.25, -0.2) is 9.24 Å². The number of aryl methyl sites for hydroxylation is 1. The third kappa shape index (κ3) is 3.98. The molecule has 1 aliphatic carbocycles. The molecule has 8 heteroatoms. The highest BCUT2D eigenvalue weighted by atomic mass is 32.1. The van der Waals surface area contributed by atoms with E-state index in [1.807, 2.05) is 43.0 Å². The number of carbonyl (C=O) groups is 2. The highest BCUT2D eigenvalue weighted by molar-refractivity contribution is 7.81. The molecule has 1 N–H and O–H groups in total. The van der Waals surface area contributed by atoms with Gasteiger partial charge in [0, 0.05) is 18.2 Å². The molecule has 1 saturated heterocycles. The second kappa shape index (κ2) is 9.04. The summed E-state index contributed by atoms with van der Waals surface area (Å²) in [5.41, 5.74) is 1.10. The lowest BCUT2D eigenvalue weighted by Gasteiger charge is -2.43. The van der Waals surface area contributed by atoms with Crippen molar-refractivity contribution in [3.05, 3.63) is 64.8 Å². The minimum atomic E-state index is -0.807. The first-order chi connectivity index (χ1) is 16.6. The first kappa shape index (κ1) is 24.8. The normalized spacial score (nSPS) is 16.9. The Labute approximate surface area is 210 Å². The quantitative estimate of drug-likeness (QED) is 0.430. The fourth-order valence-electron chi connectivity index (χ4n) is 4.87. The van der Waals surface area contributed by atoms with Crippen molar-refractivity contribution >= 4 is 46.2 Å². The lowest BCUT2D eigenvalue weighted by molar-refractivity contribution is -0.129. The average Bonchev–Trinajstić information content (AvgIpc) is 3.06. The number of nitrogens with zero attached hydrogens (tertiary/aromatic N) is 3. The van der Waals surface area contributed by atoms with Gasteiger partial charge < -0.3 is 10.2 Å². The zero-order valence-corrected chi connectivity index (χ0v) is 21.3. The van der Waals surface area contributed by atoms with E-state index in [0.717, 1.165) is 24.1 Å². The van der Waals surface area contributed by atoms with Gasteiger partial charge in [0.25, 0.3) is 5.91 Å². The van der Waals surface area contributed by atoms with E-state index in [0.29, 0.717) is 19.3 Å². The molecule has 2 aliphatic rings. The Bertz CT molecular complexity index is 1250. The van der Waals surface area contributed by atoms with Crippen LogP contribution in [0.15, 0.2) is 36.4 Å². The van der Waals surface area contributed by atoms with E-state index in [-0.39, 0.29) is 33.9 Å². The molecule has 0 aromatic heterocycles. The van der Waals surface area contributed by atoms with Crippen LogP contribution >= 0.6 is 12.2 Å². The summed E-state index contributed by atoms with van der Waals surface area (Å²) in [5.74, 6) is -0.812. The van der Waals surface area contributed by atoms with Crippen LogP contribution in [0, 0.1) is 24.7 Å². The third-order valence-electron chi connectivity index (χ3n) is 7.37. The maximum atomic E-state index is 15.2. The Morgan fingerprint density at radius 2 is 1.89 bits per heavy atom. The number of nitrogens with one attached hydrogen (secondary N) is 1. The second-order valence-corrected chi connectivity index (χ2v) is 10.3. The van der Waals surface area contributed by atoms with Crippen LogP contribution in [0.2, 0.25) is 0 Å². The lowest BCUT2D eigenvalue weighted by atomic mass is 9.75. The molecule has 2 aromatic rings. The number of thiocarbonyl (C=S) groups is 1. The second-order valence-electron chi connectivity index (χ2n) is 9.93. The number of carbonyl (C=O) groups excluding carboxylic acids is 2. The lowest BCUT2D eigenvalue weighted by Crippen LogP contribution is -2.55. The number of amides is 2. The van der Waals surface area contributed by atoms with Gasteiger partial charge in [-0.3, -0.25) is 14.5 Å². The van der Waals surface area contributed by atoms with E-state index in [1.54, 1.807) is 7.05 Å². The predicted octanol–water partition coefficient (Wildman–Crippen LogP) is 5.45. The highest BCUT2D eigenvalue weighted by Gasteiger charge is 2.59. The number of anilines is 2. The zero-order valence-electron chi connectivity index (χ0n) is 20.4. The van der Waals surface area contributed by atoms with Crippen LogP contribution in [0.1, 0.15) is 50.7 Å². The first-order valence-corrected chi connectivity index (χ1v) is 12.1. The Hall–Kier alpha value is -3.31. The van der Waals surface area contributed by atoms with Gasteiger partial charge >= 0.3 is 0 Å². The standard InChI is InChI=1S/C27H29FN4O2S/c1-17-20(29-4)11-12-21(22(17)28)31-24(34)27(14-6-15-27)32(25(31)35)19-9-7-18(8-10-19)13-16-26(2,3)23(33)30-5/h7-12H,6,13-16H2,1-3,5H3,(H,30,33). The molecule has 1 aliphatic heterocycles. The Kier molecular flexibility index (Phi) is 6.41. The molecule has 2 fully saturated rings. The van der Waals surface area contributed by atoms with Gasteiger partial charge in [0.05, 0.1) is 12.3 Å². The van der Waals surface area contributed by atoms with Crippen molar-refractivity contribution in [1.29, 1.82) is 0 Å². The van der Waals surface area contributed by atoms with Crippen molar-refractivity contribution in [2.45, 2.75) is 58.4 Å². The maximum Gasteiger partial charge on any atom is 0.259 e. The summed E-state index contributed by atoms with van der Waals surface area (Å²) >= 11 is 5.75. The van der Waals surface area contributed by atoms with Gasteiger partial charge in [-0.1, -0.05) is 32.0 Å². The summed E-state index contributed by atoms with van der Waals surface area (Å²) in [6.45, 7) is 12.6. The van der Waals surface area contributed by atoms with Crippen LogP contribution in [0.4, 0.5) is 21.5 Å². The molecular weight excluding hydrogens is 463 g/mol. The SMILES string of the molecule is [C-]#[N+]c1ccc(N2C(=O)C3(CCC3)N(c3ccc(CCC(C)(C)C(=O)NC)cc3)C2=S)c(F)c1C. The molecule has 1 saturated carbocycles. The summed E-state index contributed by atoms with van der Waals surface area (Å²) in [5, 5.41) is 2.96. The molecule has 35 heavy (non-hydrogen) atoms. The van der Waals surface area contributed by atoms with Crippen molar-refractivity contribution in [2.24, 2.45) is 5.41 Å². The molecule has 182 valence electrons. The van der Waals surface area contributed by atoms with Crippen LogP contribution in [0.5, 0.6) is 0 Å². The van der Waals surface area contributed by atoms with E-state index in [1.165, 1.54) is 24.0 Å². The molecule has 6 nitrogen and oxygen atoms in total. The molecule has 0 atom stereocenters. The predicted molar refractivity (Wildman–Crippen MR) is 139 cm³/mol. The molecule has 0 bridgehead atoms. The van der Waals surface area contributed by atoms with Crippen LogP contribution in [0.25, 0.3) is 4.85 Å². The fourth-order valence-corrected chi connectivity index (χ4v) is 5.33. The van der Waals surface area contributed by atoms with Gasteiger partial charge in [0.15, 0.2) is 10.8 Å². The monoisotopic (exact) mass is 492 g/mol. The van der Waals surface area contributed by atoms with E-state index < -0.39 is 16.8 Å². The fraction of sp³-hybridized carbons (Fsp3) is 0.407. The van der Waals surface area contributed by atoms with Crippen LogP contribution < -0.4 is 15.1 Å². The number of halogens is 1. The minimum absolute atomic E-state index is 0.00830. The van der Waals surface area contributed by atoms with E-state index in [2.05, 4.69) is 10.2 Å². The summed E-state index contributed by atoms with van der Waals surface area (Å²) in [6.07, 6.45) is 3.61. The number of hydrogen-bond acceptors (Lipinski definition) is 3. The highest BCUT2D eigenvalue weighted by Crippen LogP contribution is 2.48.